The molecule has 0 unspecified atom stereocenters. The van der Waals surface area contributed by atoms with Crippen LogP contribution in [-0.4, -0.2) is 33.6 Å². The Morgan fingerprint density at radius 3 is 1.96 bits per heavy atom. The minimum atomic E-state index is -0.912. The number of carbonyl (C=O) groups is 2. The first kappa shape index (κ1) is 21.7. The third-order valence-electron chi connectivity index (χ3n) is 2.61. The summed E-state index contributed by atoms with van der Waals surface area (Å²) in [7, 11) is 0. The van der Waals surface area contributed by atoms with Gasteiger partial charge < -0.3 is 9.84 Å². The van der Waals surface area contributed by atoms with Crippen molar-refractivity contribution in [3.63, 3.8) is 0 Å². The molecule has 0 radical (unpaired) electrons. The van der Waals surface area contributed by atoms with Gasteiger partial charge in [0.25, 0.3) is 0 Å². The molecule has 0 aliphatic rings. The van der Waals surface area contributed by atoms with E-state index in [0.29, 0.717) is 5.56 Å². The minimum Gasteiger partial charge on any atom is -0.478 e. The minimum absolute atomic E-state index is 0.236. The highest BCUT2D eigenvalue weighted by Gasteiger charge is 2.05. The third kappa shape index (κ3) is 8.80. The van der Waals surface area contributed by atoms with Crippen LogP contribution >= 0.6 is 0 Å². The highest BCUT2D eigenvalue weighted by atomic mass is 16.5. The van der Waals surface area contributed by atoms with Crippen molar-refractivity contribution in [3.05, 3.63) is 85.0 Å². The second-order valence-corrected chi connectivity index (χ2v) is 4.56. The maximum atomic E-state index is 11.3. The van der Waals surface area contributed by atoms with Gasteiger partial charge in [-0.15, -0.1) is 13.2 Å². The van der Waals surface area contributed by atoms with Gasteiger partial charge in [0, 0.05) is 23.8 Å². The second kappa shape index (κ2) is 12.2. The molecule has 0 bridgehead atoms. The van der Waals surface area contributed by atoms with E-state index in [1.807, 2.05) is 6.92 Å². The number of hydrogen-bond acceptors (Lipinski definition) is 5. The Labute approximate surface area is 147 Å². The number of aryl methyl sites for hydroxylation is 2. The maximum absolute atomic E-state index is 11.3. The lowest BCUT2D eigenvalue weighted by atomic mass is 10.2. The Balaban J connectivity index is 0.000000430. The first-order valence-corrected chi connectivity index (χ1v) is 7.30. The van der Waals surface area contributed by atoms with Crippen LogP contribution in [0.1, 0.15) is 32.1 Å². The molecule has 25 heavy (non-hydrogen) atoms. The lowest BCUT2D eigenvalue weighted by Crippen LogP contribution is -2.05. The Morgan fingerprint density at radius 1 is 1.08 bits per heavy atom. The molecule has 2 rings (SSSR count). The lowest BCUT2D eigenvalue weighted by molar-refractivity contribution is 0.0549. The molecule has 0 aliphatic carbocycles. The van der Waals surface area contributed by atoms with Gasteiger partial charge in [0.1, 0.15) is 6.61 Å². The molecular weight excluding hydrogens is 320 g/mol. The summed E-state index contributed by atoms with van der Waals surface area (Å²) in [5.74, 6) is -1.25. The fourth-order valence-electron chi connectivity index (χ4n) is 1.57. The number of carbonyl (C=O) groups excluding carboxylic acids is 1. The van der Waals surface area contributed by atoms with Crippen LogP contribution in [0.5, 0.6) is 0 Å². The zero-order chi connectivity index (χ0) is 19.2. The van der Waals surface area contributed by atoms with Crippen molar-refractivity contribution < 1.29 is 19.4 Å². The van der Waals surface area contributed by atoms with Crippen molar-refractivity contribution in [2.24, 2.45) is 0 Å². The van der Waals surface area contributed by atoms with Crippen LogP contribution in [0, 0.1) is 13.8 Å². The summed E-state index contributed by atoms with van der Waals surface area (Å²) in [4.78, 5) is 29.4. The van der Waals surface area contributed by atoms with E-state index in [0.717, 1.165) is 11.4 Å². The lowest BCUT2D eigenvalue weighted by Gasteiger charge is -2.01. The number of esters is 1. The number of carboxylic acids is 1. The van der Waals surface area contributed by atoms with E-state index in [-0.39, 0.29) is 18.1 Å². The highest BCUT2D eigenvalue weighted by molar-refractivity contribution is 5.89. The average molecular weight is 342 g/mol. The Bertz CT molecular complexity index is 714. The molecule has 2 heterocycles. The van der Waals surface area contributed by atoms with Gasteiger partial charge in [0.2, 0.25) is 0 Å². The summed E-state index contributed by atoms with van der Waals surface area (Å²) in [6.45, 7) is 13.3. The highest BCUT2D eigenvalue weighted by Crippen LogP contribution is 2.02. The van der Waals surface area contributed by atoms with Crippen LogP contribution in [0.2, 0.25) is 0 Å². The molecule has 2 aromatic rings. The predicted molar refractivity (Wildman–Crippen MR) is 96.6 cm³/mol. The van der Waals surface area contributed by atoms with Crippen molar-refractivity contribution in [3.8, 4) is 0 Å². The first-order chi connectivity index (χ1) is 11.9. The summed E-state index contributed by atoms with van der Waals surface area (Å²) in [6, 6.07) is 6.31. The fraction of sp³-hybridized carbons (Fsp3) is 0.158. The number of carboxylic acid groups (broad SMARTS) is 1. The molecule has 6 heteroatoms. The van der Waals surface area contributed by atoms with Gasteiger partial charge in [-0.05, 0) is 38.1 Å². The number of nitrogens with zero attached hydrogens (tertiary/aromatic N) is 2. The van der Waals surface area contributed by atoms with Crippen molar-refractivity contribution >= 4 is 11.9 Å². The summed E-state index contributed by atoms with van der Waals surface area (Å²) in [6.07, 6.45) is 4.60. The van der Waals surface area contributed by atoms with Crippen LogP contribution < -0.4 is 0 Å². The molecule has 2 aromatic heterocycles. The zero-order valence-corrected chi connectivity index (χ0v) is 14.4. The van der Waals surface area contributed by atoms with E-state index in [4.69, 9.17) is 9.84 Å². The van der Waals surface area contributed by atoms with Crippen LogP contribution in [0.25, 0.3) is 0 Å². The normalized spacial score (nSPS) is 8.72. The Morgan fingerprint density at radius 2 is 1.56 bits per heavy atom. The summed E-state index contributed by atoms with van der Waals surface area (Å²) in [5.41, 5.74) is 2.33. The Kier molecular flexibility index (Phi) is 10.6. The molecule has 0 aliphatic heterocycles. The zero-order valence-electron chi connectivity index (χ0n) is 14.4. The number of ether oxygens (including phenoxy) is 1. The number of pyridine rings is 2. The summed E-state index contributed by atoms with van der Waals surface area (Å²) >= 11 is 0. The average Bonchev–Trinajstić information content (AvgIpc) is 2.62. The number of rotatable bonds is 4. The molecular formula is C19H22N2O4. The molecule has 0 saturated carbocycles. The first-order valence-electron chi connectivity index (χ1n) is 7.30. The summed E-state index contributed by atoms with van der Waals surface area (Å²) in [5, 5.41) is 8.48. The SMILES string of the molecule is C=C.C=CCOC(=O)c1ccnc(C)c1.Cc1cc(C(=O)O)ccn1. The third-order valence-corrected chi connectivity index (χ3v) is 2.61. The topological polar surface area (TPSA) is 89.4 Å². The van der Waals surface area contributed by atoms with Gasteiger partial charge in [-0.3, -0.25) is 9.97 Å². The fourth-order valence-corrected chi connectivity index (χ4v) is 1.57. The molecule has 0 aromatic carbocycles. The smallest absolute Gasteiger partial charge is 0.338 e. The van der Waals surface area contributed by atoms with Gasteiger partial charge in [-0.25, -0.2) is 9.59 Å². The van der Waals surface area contributed by atoms with Gasteiger partial charge in [-0.2, -0.15) is 0 Å². The predicted octanol–water partition coefficient (Wildman–Crippen LogP) is 3.62. The van der Waals surface area contributed by atoms with Crippen molar-refractivity contribution in [2.75, 3.05) is 6.61 Å². The van der Waals surface area contributed by atoms with E-state index in [9.17, 15) is 9.59 Å². The molecule has 0 spiro atoms. The van der Waals surface area contributed by atoms with Crippen molar-refractivity contribution in [1.29, 1.82) is 0 Å². The molecule has 6 nitrogen and oxygen atoms in total. The number of aromatic nitrogens is 2. The van der Waals surface area contributed by atoms with E-state index < -0.39 is 5.97 Å². The molecule has 0 atom stereocenters. The van der Waals surface area contributed by atoms with Gasteiger partial charge >= 0.3 is 11.9 Å². The van der Waals surface area contributed by atoms with E-state index in [1.54, 1.807) is 25.3 Å². The maximum Gasteiger partial charge on any atom is 0.338 e. The van der Waals surface area contributed by atoms with Gasteiger partial charge in [-0.1, -0.05) is 12.7 Å². The quantitative estimate of drug-likeness (QED) is 0.674. The van der Waals surface area contributed by atoms with E-state index >= 15 is 0 Å². The van der Waals surface area contributed by atoms with Crippen LogP contribution in [0.15, 0.2) is 62.5 Å². The van der Waals surface area contributed by atoms with Crippen molar-refractivity contribution in [1.82, 2.24) is 9.97 Å². The van der Waals surface area contributed by atoms with Crippen LogP contribution in [-0.2, 0) is 4.74 Å². The van der Waals surface area contributed by atoms with Gasteiger partial charge in [0.05, 0.1) is 11.1 Å². The number of hydrogen-bond donors (Lipinski definition) is 1. The van der Waals surface area contributed by atoms with E-state index in [2.05, 4.69) is 29.7 Å². The molecule has 0 saturated heterocycles. The van der Waals surface area contributed by atoms with Crippen LogP contribution in [0.3, 0.4) is 0 Å². The second-order valence-electron chi connectivity index (χ2n) is 4.56. The molecule has 0 amide bonds. The summed E-state index contributed by atoms with van der Waals surface area (Å²) < 4.78 is 4.85. The monoisotopic (exact) mass is 342 g/mol. The molecule has 1 N–H and O–H groups in total. The van der Waals surface area contributed by atoms with Gasteiger partial charge in [0.15, 0.2) is 0 Å². The van der Waals surface area contributed by atoms with Crippen molar-refractivity contribution in [2.45, 2.75) is 13.8 Å². The largest absolute Gasteiger partial charge is 0.478 e. The van der Waals surface area contributed by atoms with E-state index in [1.165, 1.54) is 24.4 Å². The molecule has 132 valence electrons. The molecule has 0 fully saturated rings. The standard InChI is InChI=1S/C10H11NO2.C7H7NO2.C2H4/c1-3-6-13-10(12)9-4-5-11-8(2)7-9;1-5-4-6(7(9)10)2-3-8-5;1-2/h3-5,7H,1,6H2,2H3;2-4H,1H3,(H,9,10);1-2H2. The number of aromatic carboxylic acids is 1. The van der Waals surface area contributed by atoms with Crippen LogP contribution in [0.4, 0.5) is 0 Å². The Hall–Kier alpha value is -3.28.